The van der Waals surface area contributed by atoms with Crippen LogP contribution >= 0.6 is 0 Å². The number of carbonyl (C=O) groups is 2. The van der Waals surface area contributed by atoms with E-state index in [0.717, 1.165) is 0 Å². The number of alkyl halides is 2. The summed E-state index contributed by atoms with van der Waals surface area (Å²) in [7, 11) is 1.54. The molecule has 0 aliphatic heterocycles. The Balaban J connectivity index is 1.57. The van der Waals surface area contributed by atoms with Gasteiger partial charge in [-0.3, -0.25) is 9.59 Å². The van der Waals surface area contributed by atoms with Crippen LogP contribution in [0.15, 0.2) is 72.8 Å². The van der Waals surface area contributed by atoms with E-state index in [4.69, 9.17) is 9.47 Å². The number of hydrogen-bond acceptors (Lipinski definition) is 5. The summed E-state index contributed by atoms with van der Waals surface area (Å²) < 4.78 is 40.7. The highest BCUT2D eigenvalue weighted by atomic mass is 19.3. The van der Waals surface area contributed by atoms with Gasteiger partial charge in [-0.2, -0.15) is 8.78 Å². The van der Waals surface area contributed by atoms with E-state index >= 15 is 0 Å². The van der Waals surface area contributed by atoms with Crippen LogP contribution in [0.3, 0.4) is 0 Å². The lowest BCUT2D eigenvalue weighted by molar-refractivity contribution is -0.118. The quantitative estimate of drug-likeness (QED) is 0.391. The van der Waals surface area contributed by atoms with Gasteiger partial charge >= 0.3 is 6.61 Å². The number of nitrogens with one attached hydrogen (secondary N) is 2. The maximum absolute atomic E-state index is 12.7. The van der Waals surface area contributed by atoms with Gasteiger partial charge in [0.1, 0.15) is 17.2 Å². The van der Waals surface area contributed by atoms with Crippen molar-refractivity contribution in [3.63, 3.8) is 0 Å². The summed E-state index contributed by atoms with van der Waals surface area (Å²) in [4.78, 5) is 24.9. The molecular formula is C26H26F2N2O5. The van der Waals surface area contributed by atoms with Gasteiger partial charge in [-0.15, -0.1) is 0 Å². The Hall–Kier alpha value is -4.14. The Labute approximate surface area is 202 Å². The van der Waals surface area contributed by atoms with Crippen molar-refractivity contribution in [2.24, 2.45) is 0 Å². The fourth-order valence-electron chi connectivity index (χ4n) is 3.36. The van der Waals surface area contributed by atoms with Crippen LogP contribution in [0.5, 0.6) is 17.2 Å². The van der Waals surface area contributed by atoms with Gasteiger partial charge in [0.05, 0.1) is 13.2 Å². The molecule has 35 heavy (non-hydrogen) atoms. The molecule has 0 spiro atoms. The van der Waals surface area contributed by atoms with Crippen molar-refractivity contribution in [1.29, 1.82) is 0 Å². The molecule has 3 aromatic rings. The van der Waals surface area contributed by atoms with E-state index in [-0.39, 0.29) is 24.2 Å². The maximum Gasteiger partial charge on any atom is 0.387 e. The Morgan fingerprint density at radius 2 is 1.69 bits per heavy atom. The van der Waals surface area contributed by atoms with Gasteiger partial charge in [-0.05, 0) is 48.9 Å². The Morgan fingerprint density at radius 1 is 0.943 bits per heavy atom. The first-order valence-corrected chi connectivity index (χ1v) is 10.9. The summed E-state index contributed by atoms with van der Waals surface area (Å²) in [5.74, 6) is 0.310. The van der Waals surface area contributed by atoms with E-state index in [1.165, 1.54) is 13.2 Å². The highest BCUT2D eigenvalue weighted by molar-refractivity contribution is 5.94. The smallest absolute Gasteiger partial charge is 0.387 e. The highest BCUT2D eigenvalue weighted by Gasteiger charge is 2.19. The standard InChI is InChI=1S/C26H26F2N2O5/c1-3-22(21-9-4-5-10-23(21)35-26(27)28)30-25(32)17-11-13-19(14-12-17)34-16-24(31)29-18-7-6-8-20(15-18)33-2/h4-15,22,26H,3,16H2,1-2H3,(H,29,31)(H,30,32). The van der Waals surface area contributed by atoms with Crippen LogP contribution in [0.4, 0.5) is 14.5 Å². The van der Waals surface area contributed by atoms with E-state index in [0.29, 0.717) is 34.7 Å². The molecule has 1 unspecified atom stereocenters. The second-order valence-electron chi connectivity index (χ2n) is 7.44. The molecule has 184 valence electrons. The van der Waals surface area contributed by atoms with Crippen molar-refractivity contribution >= 4 is 17.5 Å². The zero-order valence-corrected chi connectivity index (χ0v) is 19.3. The summed E-state index contributed by atoms with van der Waals surface area (Å²) in [6.07, 6.45) is 0.471. The number of anilines is 1. The molecule has 0 fully saturated rings. The van der Waals surface area contributed by atoms with Crippen LogP contribution < -0.4 is 24.8 Å². The first kappa shape index (κ1) is 25.5. The first-order valence-electron chi connectivity index (χ1n) is 10.9. The minimum Gasteiger partial charge on any atom is -0.497 e. The molecule has 0 saturated carbocycles. The van der Waals surface area contributed by atoms with Crippen molar-refractivity contribution in [3.8, 4) is 17.2 Å². The normalized spacial score (nSPS) is 11.5. The molecule has 0 aliphatic rings. The molecule has 0 bridgehead atoms. The molecule has 3 aromatic carbocycles. The number of amides is 2. The number of methoxy groups -OCH3 is 1. The van der Waals surface area contributed by atoms with Crippen LogP contribution in [-0.4, -0.2) is 32.1 Å². The maximum atomic E-state index is 12.7. The predicted octanol–water partition coefficient (Wildman–Crippen LogP) is 5.20. The molecule has 0 saturated heterocycles. The van der Waals surface area contributed by atoms with Gasteiger partial charge in [-0.1, -0.05) is 31.2 Å². The average molecular weight is 484 g/mol. The van der Waals surface area contributed by atoms with Gasteiger partial charge in [0.2, 0.25) is 0 Å². The van der Waals surface area contributed by atoms with Crippen molar-refractivity contribution in [3.05, 3.63) is 83.9 Å². The molecule has 2 amide bonds. The fraction of sp³-hybridized carbons (Fsp3) is 0.231. The molecule has 0 heterocycles. The van der Waals surface area contributed by atoms with Crippen LogP contribution in [0.25, 0.3) is 0 Å². The number of rotatable bonds is 11. The van der Waals surface area contributed by atoms with Gasteiger partial charge in [0, 0.05) is 22.9 Å². The molecule has 2 N–H and O–H groups in total. The lowest BCUT2D eigenvalue weighted by Gasteiger charge is -2.20. The van der Waals surface area contributed by atoms with Gasteiger partial charge in [-0.25, -0.2) is 0 Å². The van der Waals surface area contributed by atoms with Crippen LogP contribution in [0, 0.1) is 0 Å². The Morgan fingerprint density at radius 3 is 2.37 bits per heavy atom. The third-order valence-corrected chi connectivity index (χ3v) is 5.06. The van der Waals surface area contributed by atoms with Crippen LogP contribution in [-0.2, 0) is 4.79 Å². The van der Waals surface area contributed by atoms with Crippen LogP contribution in [0.1, 0.15) is 35.3 Å². The largest absolute Gasteiger partial charge is 0.497 e. The molecular weight excluding hydrogens is 458 g/mol. The van der Waals surface area contributed by atoms with E-state index in [9.17, 15) is 18.4 Å². The van der Waals surface area contributed by atoms with E-state index < -0.39 is 12.7 Å². The predicted molar refractivity (Wildman–Crippen MR) is 127 cm³/mol. The van der Waals surface area contributed by atoms with Crippen molar-refractivity contribution < 1.29 is 32.6 Å². The summed E-state index contributed by atoms with van der Waals surface area (Å²) >= 11 is 0. The lowest BCUT2D eigenvalue weighted by atomic mass is 10.0. The summed E-state index contributed by atoms with van der Waals surface area (Å²) in [6.45, 7) is -1.35. The monoisotopic (exact) mass is 484 g/mol. The molecule has 9 heteroatoms. The lowest BCUT2D eigenvalue weighted by Crippen LogP contribution is -2.28. The molecule has 7 nitrogen and oxygen atoms in total. The van der Waals surface area contributed by atoms with E-state index in [1.54, 1.807) is 66.7 Å². The minimum absolute atomic E-state index is 0.0191. The minimum atomic E-state index is -2.96. The number of benzene rings is 3. The molecule has 0 aromatic heterocycles. The highest BCUT2D eigenvalue weighted by Crippen LogP contribution is 2.29. The summed E-state index contributed by atoms with van der Waals surface area (Å²) in [5, 5.41) is 5.55. The van der Waals surface area contributed by atoms with Crippen molar-refractivity contribution in [2.45, 2.75) is 26.0 Å². The third kappa shape index (κ3) is 7.43. The molecule has 3 rings (SSSR count). The molecule has 1 atom stereocenters. The number of ether oxygens (including phenoxy) is 3. The zero-order chi connectivity index (χ0) is 25.2. The van der Waals surface area contributed by atoms with Crippen molar-refractivity contribution in [2.75, 3.05) is 19.0 Å². The number of halogens is 2. The SMILES string of the molecule is CCC(NC(=O)c1ccc(OCC(=O)Nc2cccc(OC)c2)cc1)c1ccccc1OC(F)F. The average Bonchev–Trinajstić information content (AvgIpc) is 2.86. The zero-order valence-electron chi connectivity index (χ0n) is 19.3. The number of para-hydroxylation sites is 1. The van der Waals surface area contributed by atoms with Gasteiger partial charge in [0.15, 0.2) is 6.61 Å². The summed E-state index contributed by atoms with van der Waals surface area (Å²) in [6, 6.07) is 19.0. The molecule has 0 aliphatic carbocycles. The topological polar surface area (TPSA) is 85.9 Å². The van der Waals surface area contributed by atoms with Gasteiger partial charge in [0.25, 0.3) is 11.8 Å². The van der Waals surface area contributed by atoms with Crippen molar-refractivity contribution in [1.82, 2.24) is 5.32 Å². The first-order chi connectivity index (χ1) is 16.9. The third-order valence-electron chi connectivity index (χ3n) is 5.06. The van der Waals surface area contributed by atoms with E-state index in [1.807, 2.05) is 6.92 Å². The number of carbonyl (C=O) groups excluding carboxylic acids is 2. The fourth-order valence-corrected chi connectivity index (χ4v) is 3.36. The molecule has 0 radical (unpaired) electrons. The van der Waals surface area contributed by atoms with E-state index in [2.05, 4.69) is 15.4 Å². The summed E-state index contributed by atoms with van der Waals surface area (Å²) in [5.41, 5.74) is 1.39. The Bertz CT molecular complexity index is 1140. The second kappa shape index (κ2) is 12.4. The Kier molecular flexibility index (Phi) is 9.00. The second-order valence-corrected chi connectivity index (χ2v) is 7.44. The number of hydrogen-bond donors (Lipinski definition) is 2. The van der Waals surface area contributed by atoms with Gasteiger partial charge < -0.3 is 24.8 Å². The van der Waals surface area contributed by atoms with Crippen LogP contribution in [0.2, 0.25) is 0 Å².